The van der Waals surface area contributed by atoms with E-state index in [1.807, 2.05) is 116 Å². The molecule has 0 radical (unpaired) electrons. The van der Waals surface area contributed by atoms with Gasteiger partial charge in [0.15, 0.2) is 5.78 Å². The van der Waals surface area contributed by atoms with Crippen molar-refractivity contribution in [2.45, 2.75) is 18.4 Å². The Morgan fingerprint density at radius 2 is 0.969 bits per heavy atom. The summed E-state index contributed by atoms with van der Waals surface area (Å²) in [4.78, 5) is 27.4. The van der Waals surface area contributed by atoms with Crippen molar-refractivity contribution in [2.75, 3.05) is 0 Å². The lowest BCUT2D eigenvalue weighted by atomic mass is 9.65. The highest BCUT2D eigenvalue weighted by atomic mass is 16.2. The molecule has 4 rings (SSSR count). The summed E-state index contributed by atoms with van der Waals surface area (Å²) in [6.07, 6.45) is 0. The lowest BCUT2D eigenvalue weighted by Gasteiger charge is -2.39. The molecule has 0 fully saturated rings. The highest BCUT2D eigenvalue weighted by Gasteiger charge is 2.47. The van der Waals surface area contributed by atoms with Gasteiger partial charge in [-0.25, -0.2) is 0 Å². The van der Waals surface area contributed by atoms with Crippen LogP contribution >= 0.6 is 0 Å². The number of amides is 1. The molecule has 4 aromatic rings. The maximum Gasteiger partial charge on any atom is 0.251 e. The van der Waals surface area contributed by atoms with Crippen LogP contribution in [0, 0.1) is 0 Å². The van der Waals surface area contributed by atoms with Crippen molar-refractivity contribution in [1.82, 2.24) is 5.32 Å². The Balaban J connectivity index is 1.90. The number of hydrogen-bond donors (Lipinski definition) is 1. The fourth-order valence-corrected chi connectivity index (χ4v) is 4.32. The van der Waals surface area contributed by atoms with E-state index < -0.39 is 11.5 Å². The summed E-state index contributed by atoms with van der Waals surface area (Å²) in [6, 6.07) is 37.2. The number of nitrogens with one attached hydrogen (secondary N) is 1. The average molecular weight is 420 g/mol. The van der Waals surface area contributed by atoms with Crippen molar-refractivity contribution >= 4 is 11.7 Å². The Morgan fingerprint density at radius 1 is 0.594 bits per heavy atom. The molecule has 0 bridgehead atoms. The topological polar surface area (TPSA) is 46.2 Å². The minimum Gasteiger partial charge on any atom is -0.348 e. The van der Waals surface area contributed by atoms with Crippen LogP contribution in [0.2, 0.25) is 0 Å². The van der Waals surface area contributed by atoms with Gasteiger partial charge in [0, 0.05) is 17.2 Å². The lowest BCUT2D eigenvalue weighted by molar-refractivity contribution is 0.0848. The summed E-state index contributed by atoms with van der Waals surface area (Å²) >= 11 is 0. The van der Waals surface area contributed by atoms with Gasteiger partial charge in [0.25, 0.3) is 5.91 Å². The second-order valence-electron chi connectivity index (χ2n) is 7.80. The predicted molar refractivity (Wildman–Crippen MR) is 128 cm³/mol. The quantitative estimate of drug-likeness (QED) is 0.392. The van der Waals surface area contributed by atoms with Crippen LogP contribution in [0.3, 0.4) is 0 Å². The summed E-state index contributed by atoms with van der Waals surface area (Å²) in [5, 5.41) is 3.12. The molecule has 0 saturated heterocycles. The third-order valence-corrected chi connectivity index (χ3v) is 5.89. The third-order valence-electron chi connectivity index (χ3n) is 5.89. The smallest absolute Gasteiger partial charge is 0.251 e. The molecule has 1 N–H and O–H groups in total. The van der Waals surface area contributed by atoms with E-state index in [0.717, 1.165) is 11.1 Å². The summed E-state index contributed by atoms with van der Waals surface area (Å²) in [5.74, 6) is -0.272. The van der Waals surface area contributed by atoms with Crippen LogP contribution in [-0.4, -0.2) is 17.7 Å². The summed E-state index contributed by atoms with van der Waals surface area (Å²) in [6.45, 7) is 1.90. The minimum atomic E-state index is -1.10. The highest BCUT2D eigenvalue weighted by Crippen LogP contribution is 2.39. The van der Waals surface area contributed by atoms with Crippen molar-refractivity contribution in [3.63, 3.8) is 0 Å². The van der Waals surface area contributed by atoms with E-state index in [1.165, 1.54) is 0 Å². The van der Waals surface area contributed by atoms with Crippen molar-refractivity contribution in [1.29, 1.82) is 0 Å². The van der Waals surface area contributed by atoms with E-state index in [0.29, 0.717) is 11.1 Å². The van der Waals surface area contributed by atoms with Crippen LogP contribution in [0.4, 0.5) is 0 Å². The lowest BCUT2D eigenvalue weighted by Crippen LogP contribution is -2.54. The molecular formula is C29H25NO2. The number of Topliss-reactive ketones (excluding diaryl/α,β-unsaturated/α-hetero) is 1. The molecule has 4 aromatic carbocycles. The van der Waals surface area contributed by atoms with E-state index >= 15 is 0 Å². The average Bonchev–Trinajstić information content (AvgIpc) is 2.87. The first-order valence-electron chi connectivity index (χ1n) is 10.7. The van der Waals surface area contributed by atoms with Gasteiger partial charge in [-0.1, -0.05) is 109 Å². The van der Waals surface area contributed by atoms with Crippen LogP contribution in [0.15, 0.2) is 121 Å². The molecule has 1 unspecified atom stereocenters. The molecular weight excluding hydrogens is 394 g/mol. The maximum absolute atomic E-state index is 14.3. The normalized spacial score (nSPS) is 12.0. The van der Waals surface area contributed by atoms with E-state index in [2.05, 4.69) is 5.32 Å². The largest absolute Gasteiger partial charge is 0.348 e. The van der Waals surface area contributed by atoms with Crippen molar-refractivity contribution < 1.29 is 9.59 Å². The van der Waals surface area contributed by atoms with E-state index in [1.54, 1.807) is 12.1 Å². The minimum absolute atomic E-state index is 0.0589. The number of carbonyl (C=O) groups is 2. The summed E-state index contributed by atoms with van der Waals surface area (Å²) in [5.41, 5.74) is 1.72. The second kappa shape index (κ2) is 9.44. The Labute approximate surface area is 188 Å². The second-order valence-corrected chi connectivity index (χ2v) is 7.80. The molecule has 0 spiro atoms. The van der Waals surface area contributed by atoms with Gasteiger partial charge in [0.05, 0.1) is 0 Å². The van der Waals surface area contributed by atoms with E-state index in [4.69, 9.17) is 0 Å². The van der Waals surface area contributed by atoms with Crippen molar-refractivity contribution in [3.05, 3.63) is 144 Å². The highest BCUT2D eigenvalue weighted by molar-refractivity contribution is 6.08. The Kier molecular flexibility index (Phi) is 6.27. The third kappa shape index (κ3) is 3.97. The number of hydrogen-bond acceptors (Lipinski definition) is 2. The van der Waals surface area contributed by atoms with E-state index in [-0.39, 0.29) is 11.7 Å². The molecule has 32 heavy (non-hydrogen) atoms. The number of carbonyl (C=O) groups excluding carboxylic acids is 2. The van der Waals surface area contributed by atoms with Gasteiger partial charge in [-0.05, 0) is 30.2 Å². The maximum atomic E-state index is 14.3. The summed E-state index contributed by atoms with van der Waals surface area (Å²) in [7, 11) is 0. The molecule has 0 saturated carbocycles. The fourth-order valence-electron chi connectivity index (χ4n) is 4.32. The molecule has 3 heteroatoms. The van der Waals surface area contributed by atoms with Crippen molar-refractivity contribution in [2.24, 2.45) is 0 Å². The van der Waals surface area contributed by atoms with E-state index in [9.17, 15) is 9.59 Å². The molecule has 0 aliphatic heterocycles. The summed E-state index contributed by atoms with van der Waals surface area (Å²) < 4.78 is 0. The molecule has 0 aliphatic carbocycles. The van der Waals surface area contributed by atoms with Gasteiger partial charge >= 0.3 is 0 Å². The van der Waals surface area contributed by atoms with Crippen molar-refractivity contribution in [3.8, 4) is 0 Å². The van der Waals surface area contributed by atoms with Gasteiger partial charge in [-0.2, -0.15) is 0 Å². The predicted octanol–water partition coefficient (Wildman–Crippen LogP) is 5.67. The molecule has 1 amide bonds. The molecule has 0 heterocycles. The zero-order chi connectivity index (χ0) is 22.4. The van der Waals surface area contributed by atoms with Gasteiger partial charge in [-0.15, -0.1) is 0 Å². The van der Waals surface area contributed by atoms with Crippen LogP contribution in [0.1, 0.15) is 38.8 Å². The molecule has 1 atom stereocenters. The first-order chi connectivity index (χ1) is 15.6. The Bertz CT molecular complexity index is 1130. The zero-order valence-corrected chi connectivity index (χ0v) is 17.9. The van der Waals surface area contributed by atoms with Gasteiger partial charge in [-0.3, -0.25) is 9.59 Å². The Hall–Kier alpha value is -3.98. The monoisotopic (exact) mass is 419 g/mol. The standard InChI is InChI=1S/C29H25NO2/c1-22(30-28(32)24-16-8-3-9-17-24)29(25-18-10-4-11-19-25,26-20-12-5-13-21-26)27(31)23-14-6-2-7-15-23/h2-22H,1H3,(H,30,32). The van der Waals surface area contributed by atoms with Crippen LogP contribution in [0.5, 0.6) is 0 Å². The first kappa shape index (κ1) is 21.3. The van der Waals surface area contributed by atoms with Crippen LogP contribution in [-0.2, 0) is 5.41 Å². The fraction of sp³-hybridized carbons (Fsp3) is 0.103. The number of benzene rings is 4. The molecule has 3 nitrogen and oxygen atoms in total. The molecule has 0 aromatic heterocycles. The number of rotatable bonds is 7. The molecule has 158 valence electrons. The number of ketones is 1. The van der Waals surface area contributed by atoms with Crippen LogP contribution in [0.25, 0.3) is 0 Å². The van der Waals surface area contributed by atoms with Gasteiger partial charge in [0.1, 0.15) is 5.41 Å². The SMILES string of the molecule is CC(NC(=O)c1ccccc1)C(C(=O)c1ccccc1)(c1ccccc1)c1ccccc1. The zero-order valence-electron chi connectivity index (χ0n) is 17.9. The first-order valence-corrected chi connectivity index (χ1v) is 10.7. The van der Waals surface area contributed by atoms with Gasteiger partial charge in [0.2, 0.25) is 0 Å². The Morgan fingerprint density at radius 3 is 1.41 bits per heavy atom. The van der Waals surface area contributed by atoms with Crippen LogP contribution < -0.4 is 5.32 Å². The molecule has 0 aliphatic rings. The van der Waals surface area contributed by atoms with Gasteiger partial charge < -0.3 is 5.32 Å².